The number of hydrogen-bond acceptors (Lipinski definition) is 1. The van der Waals surface area contributed by atoms with Crippen LogP contribution in [0.2, 0.25) is 5.02 Å². The Kier molecular flexibility index (Phi) is 3.24. The van der Waals surface area contributed by atoms with Crippen LogP contribution in [-0.4, -0.2) is 4.98 Å². The van der Waals surface area contributed by atoms with E-state index in [4.69, 9.17) is 23.2 Å². The molecule has 1 aromatic heterocycles. The molecule has 0 atom stereocenters. The zero-order valence-electron chi connectivity index (χ0n) is 7.95. The number of halogens is 2. The van der Waals surface area contributed by atoms with Crippen LogP contribution >= 0.6 is 23.2 Å². The third-order valence-corrected chi connectivity index (χ3v) is 2.77. The summed E-state index contributed by atoms with van der Waals surface area (Å²) in [6.07, 6.45) is 1.73. The van der Waals surface area contributed by atoms with E-state index in [-0.39, 0.29) is 0 Å². The molecule has 0 bridgehead atoms. The van der Waals surface area contributed by atoms with Gasteiger partial charge in [-0.05, 0) is 17.7 Å². The number of pyridine rings is 1. The summed E-state index contributed by atoms with van der Waals surface area (Å²) in [7, 11) is 0. The highest BCUT2D eigenvalue weighted by Gasteiger charge is 2.07. The fourth-order valence-corrected chi connectivity index (χ4v) is 1.91. The normalized spacial score (nSPS) is 10.3. The predicted octanol–water partition coefficient (Wildman–Crippen LogP) is 4.14. The Labute approximate surface area is 98.7 Å². The van der Waals surface area contributed by atoms with Crippen molar-refractivity contribution in [3.8, 4) is 11.3 Å². The van der Waals surface area contributed by atoms with Gasteiger partial charge < -0.3 is 0 Å². The summed E-state index contributed by atoms with van der Waals surface area (Å²) in [4.78, 5) is 4.27. The van der Waals surface area contributed by atoms with Crippen LogP contribution in [0.4, 0.5) is 0 Å². The van der Waals surface area contributed by atoms with Crippen molar-refractivity contribution in [2.75, 3.05) is 0 Å². The van der Waals surface area contributed by atoms with Crippen LogP contribution in [-0.2, 0) is 5.88 Å². The predicted molar refractivity (Wildman–Crippen MR) is 64.2 cm³/mol. The highest BCUT2D eigenvalue weighted by Crippen LogP contribution is 2.28. The number of nitrogens with zero attached hydrogens (tertiary/aromatic N) is 1. The van der Waals surface area contributed by atoms with Crippen molar-refractivity contribution in [2.45, 2.75) is 5.88 Å². The van der Waals surface area contributed by atoms with Gasteiger partial charge in [-0.25, -0.2) is 0 Å². The molecule has 1 aromatic carbocycles. The Morgan fingerprint density at radius 2 is 1.87 bits per heavy atom. The summed E-state index contributed by atoms with van der Waals surface area (Å²) in [6, 6.07) is 11.5. The minimum Gasteiger partial charge on any atom is -0.255 e. The standard InChI is InChI=1S/C12H9Cl2N/c13-8-9-4-1-2-5-10(9)12-11(14)6-3-7-15-12/h1-7H,8H2. The molecule has 0 amide bonds. The maximum absolute atomic E-state index is 6.08. The minimum absolute atomic E-state index is 0.461. The zero-order chi connectivity index (χ0) is 10.7. The lowest BCUT2D eigenvalue weighted by atomic mass is 10.1. The van der Waals surface area contributed by atoms with Crippen LogP contribution in [0.1, 0.15) is 5.56 Å². The largest absolute Gasteiger partial charge is 0.255 e. The minimum atomic E-state index is 0.461. The maximum atomic E-state index is 6.08. The monoisotopic (exact) mass is 237 g/mol. The molecular formula is C12H9Cl2N. The van der Waals surface area contributed by atoms with Crippen LogP contribution in [0.3, 0.4) is 0 Å². The topological polar surface area (TPSA) is 12.9 Å². The van der Waals surface area contributed by atoms with Gasteiger partial charge in [-0.15, -0.1) is 11.6 Å². The number of hydrogen-bond donors (Lipinski definition) is 0. The summed E-state index contributed by atoms with van der Waals surface area (Å²) in [5.41, 5.74) is 2.83. The van der Waals surface area contributed by atoms with Gasteiger partial charge in [0, 0.05) is 17.6 Å². The molecule has 0 aliphatic rings. The Balaban J connectivity index is 2.59. The second-order valence-corrected chi connectivity index (χ2v) is 3.80. The number of rotatable bonds is 2. The summed E-state index contributed by atoms with van der Waals surface area (Å²) in [5, 5.41) is 0.648. The molecule has 0 saturated heterocycles. The van der Waals surface area contributed by atoms with Crippen molar-refractivity contribution < 1.29 is 0 Å². The molecule has 2 aromatic rings. The van der Waals surface area contributed by atoms with E-state index in [1.165, 1.54) is 0 Å². The smallest absolute Gasteiger partial charge is 0.0891 e. The molecule has 0 aliphatic carbocycles. The first-order chi connectivity index (χ1) is 7.33. The Hall–Kier alpha value is -1.05. The second kappa shape index (κ2) is 4.65. The second-order valence-electron chi connectivity index (χ2n) is 3.12. The van der Waals surface area contributed by atoms with Gasteiger partial charge in [0.25, 0.3) is 0 Å². The molecule has 76 valence electrons. The number of aromatic nitrogens is 1. The van der Waals surface area contributed by atoms with E-state index < -0.39 is 0 Å². The molecule has 15 heavy (non-hydrogen) atoms. The number of benzene rings is 1. The van der Waals surface area contributed by atoms with Crippen molar-refractivity contribution in [1.29, 1.82) is 0 Å². The van der Waals surface area contributed by atoms with Crippen LogP contribution in [0.5, 0.6) is 0 Å². The molecule has 0 spiro atoms. The average Bonchev–Trinajstić information content (AvgIpc) is 2.30. The fourth-order valence-electron chi connectivity index (χ4n) is 1.45. The molecule has 2 rings (SSSR count). The summed E-state index contributed by atoms with van der Waals surface area (Å²) >= 11 is 11.9. The van der Waals surface area contributed by atoms with Crippen LogP contribution in [0.25, 0.3) is 11.3 Å². The lowest BCUT2D eigenvalue weighted by Gasteiger charge is -2.07. The third-order valence-electron chi connectivity index (χ3n) is 2.17. The summed E-state index contributed by atoms with van der Waals surface area (Å²) < 4.78 is 0. The highest BCUT2D eigenvalue weighted by atomic mass is 35.5. The van der Waals surface area contributed by atoms with Crippen molar-refractivity contribution in [3.05, 3.63) is 53.2 Å². The SMILES string of the molecule is ClCc1ccccc1-c1ncccc1Cl. The number of alkyl halides is 1. The molecule has 0 radical (unpaired) electrons. The highest BCUT2D eigenvalue weighted by molar-refractivity contribution is 6.33. The Morgan fingerprint density at radius 3 is 2.60 bits per heavy atom. The molecular weight excluding hydrogens is 229 g/mol. The molecule has 1 heterocycles. The van der Waals surface area contributed by atoms with Crippen molar-refractivity contribution in [3.63, 3.8) is 0 Å². The van der Waals surface area contributed by atoms with Gasteiger partial charge in [0.15, 0.2) is 0 Å². The molecule has 1 nitrogen and oxygen atoms in total. The van der Waals surface area contributed by atoms with E-state index in [9.17, 15) is 0 Å². The van der Waals surface area contributed by atoms with Gasteiger partial charge in [-0.2, -0.15) is 0 Å². The van der Waals surface area contributed by atoms with E-state index in [1.54, 1.807) is 6.20 Å². The molecule has 0 fully saturated rings. The van der Waals surface area contributed by atoms with E-state index in [1.807, 2.05) is 36.4 Å². The van der Waals surface area contributed by atoms with Gasteiger partial charge in [-0.3, -0.25) is 4.98 Å². The zero-order valence-corrected chi connectivity index (χ0v) is 9.46. The van der Waals surface area contributed by atoms with Gasteiger partial charge in [0.2, 0.25) is 0 Å². The fraction of sp³-hybridized carbons (Fsp3) is 0.0833. The van der Waals surface area contributed by atoms with Crippen molar-refractivity contribution in [1.82, 2.24) is 4.98 Å². The maximum Gasteiger partial charge on any atom is 0.0891 e. The van der Waals surface area contributed by atoms with E-state index in [0.29, 0.717) is 10.9 Å². The summed E-state index contributed by atoms with van der Waals surface area (Å²) in [6.45, 7) is 0. The molecule has 0 unspecified atom stereocenters. The Bertz CT molecular complexity index is 469. The molecule has 0 aliphatic heterocycles. The van der Waals surface area contributed by atoms with Gasteiger partial charge in [0.1, 0.15) is 0 Å². The third kappa shape index (κ3) is 2.14. The van der Waals surface area contributed by atoms with Crippen LogP contribution in [0.15, 0.2) is 42.6 Å². The molecule has 3 heteroatoms. The van der Waals surface area contributed by atoms with E-state index in [2.05, 4.69) is 4.98 Å². The first-order valence-corrected chi connectivity index (χ1v) is 5.49. The molecule has 0 N–H and O–H groups in total. The average molecular weight is 238 g/mol. The van der Waals surface area contributed by atoms with Crippen molar-refractivity contribution in [2.24, 2.45) is 0 Å². The van der Waals surface area contributed by atoms with Gasteiger partial charge >= 0.3 is 0 Å². The van der Waals surface area contributed by atoms with Gasteiger partial charge in [-0.1, -0.05) is 35.9 Å². The van der Waals surface area contributed by atoms with Crippen LogP contribution < -0.4 is 0 Å². The van der Waals surface area contributed by atoms with Crippen LogP contribution in [0, 0.1) is 0 Å². The summed E-state index contributed by atoms with van der Waals surface area (Å²) in [5.74, 6) is 0.461. The van der Waals surface area contributed by atoms with Gasteiger partial charge in [0.05, 0.1) is 10.7 Å². The van der Waals surface area contributed by atoms with E-state index in [0.717, 1.165) is 16.8 Å². The molecule has 0 saturated carbocycles. The first-order valence-electron chi connectivity index (χ1n) is 4.57. The quantitative estimate of drug-likeness (QED) is 0.716. The first kappa shape index (κ1) is 10.5. The lowest BCUT2D eigenvalue weighted by Crippen LogP contribution is -1.89. The lowest BCUT2D eigenvalue weighted by molar-refractivity contribution is 1.29. The van der Waals surface area contributed by atoms with Crippen molar-refractivity contribution >= 4 is 23.2 Å². The Morgan fingerprint density at radius 1 is 1.07 bits per heavy atom. The van der Waals surface area contributed by atoms with E-state index >= 15 is 0 Å².